The van der Waals surface area contributed by atoms with Crippen LogP contribution in [-0.2, 0) is 21.1 Å². The standard InChI is InChI=1S/C26H24FN5O3/c1-5-23(33)31-19-8-17(11-28-13-19)18-9-20-21(16-6-7-29-22(27)10-16)14-32(24(20)30-12-18)15-35-25(34)26(2,3)4/h5-14H,1,15H2,2-4H3,(H,31,33). The monoisotopic (exact) mass is 473 g/mol. The van der Waals surface area contributed by atoms with Crippen LogP contribution in [0.2, 0.25) is 0 Å². The highest BCUT2D eigenvalue weighted by Crippen LogP contribution is 2.33. The third-order valence-electron chi connectivity index (χ3n) is 5.22. The van der Waals surface area contributed by atoms with E-state index in [2.05, 4.69) is 26.8 Å². The number of nitrogens with one attached hydrogen (secondary N) is 1. The van der Waals surface area contributed by atoms with Crippen LogP contribution in [0.25, 0.3) is 33.3 Å². The molecule has 0 unspecified atom stereocenters. The SMILES string of the molecule is C=CC(=O)Nc1cncc(-c2cnc3c(c2)c(-c2ccnc(F)c2)cn3COC(=O)C(C)(C)C)c1. The van der Waals surface area contributed by atoms with E-state index >= 15 is 0 Å². The molecule has 0 aliphatic rings. The molecular weight excluding hydrogens is 449 g/mol. The Kier molecular flexibility index (Phi) is 6.42. The van der Waals surface area contributed by atoms with Crippen molar-refractivity contribution in [2.75, 3.05) is 5.32 Å². The predicted molar refractivity (Wildman–Crippen MR) is 131 cm³/mol. The van der Waals surface area contributed by atoms with Gasteiger partial charge in [0.05, 0.1) is 17.3 Å². The highest BCUT2D eigenvalue weighted by molar-refractivity contribution is 5.99. The molecule has 0 bridgehead atoms. The molecule has 0 radical (unpaired) electrons. The molecule has 0 spiro atoms. The van der Waals surface area contributed by atoms with Crippen LogP contribution in [0.5, 0.6) is 0 Å². The van der Waals surface area contributed by atoms with E-state index in [0.717, 1.165) is 16.5 Å². The average molecular weight is 474 g/mol. The van der Waals surface area contributed by atoms with Crippen LogP contribution in [-0.4, -0.2) is 31.4 Å². The highest BCUT2D eigenvalue weighted by Gasteiger charge is 2.23. The van der Waals surface area contributed by atoms with E-state index in [4.69, 9.17) is 4.74 Å². The molecule has 4 rings (SSSR count). The van der Waals surface area contributed by atoms with Gasteiger partial charge in [-0.2, -0.15) is 4.39 Å². The minimum Gasteiger partial charge on any atom is -0.443 e. The maximum Gasteiger partial charge on any atom is 0.312 e. The number of carbonyl (C=O) groups excluding carboxylic acids is 2. The van der Waals surface area contributed by atoms with Crippen molar-refractivity contribution in [2.24, 2.45) is 5.41 Å². The molecule has 1 amide bonds. The van der Waals surface area contributed by atoms with E-state index in [9.17, 15) is 14.0 Å². The first-order valence-electron chi connectivity index (χ1n) is 10.8. The molecule has 178 valence electrons. The maximum absolute atomic E-state index is 13.9. The van der Waals surface area contributed by atoms with Gasteiger partial charge < -0.3 is 10.1 Å². The molecule has 4 aromatic heterocycles. The average Bonchev–Trinajstić information content (AvgIpc) is 3.20. The maximum atomic E-state index is 13.9. The van der Waals surface area contributed by atoms with Crippen molar-refractivity contribution in [2.45, 2.75) is 27.5 Å². The highest BCUT2D eigenvalue weighted by atomic mass is 19.1. The largest absolute Gasteiger partial charge is 0.443 e. The number of anilines is 1. The fourth-order valence-corrected chi connectivity index (χ4v) is 3.43. The molecule has 0 saturated heterocycles. The van der Waals surface area contributed by atoms with Crippen molar-refractivity contribution in [3.8, 4) is 22.3 Å². The summed E-state index contributed by atoms with van der Waals surface area (Å²) in [5.74, 6) is -1.31. The lowest BCUT2D eigenvalue weighted by atomic mass is 9.98. The summed E-state index contributed by atoms with van der Waals surface area (Å²) in [5.41, 5.74) is 3.18. The van der Waals surface area contributed by atoms with Gasteiger partial charge in [-0.05, 0) is 50.6 Å². The van der Waals surface area contributed by atoms with Crippen molar-refractivity contribution >= 4 is 28.6 Å². The van der Waals surface area contributed by atoms with Gasteiger partial charge in [-0.1, -0.05) is 6.58 Å². The van der Waals surface area contributed by atoms with Gasteiger partial charge in [0.1, 0.15) is 5.65 Å². The first-order valence-corrected chi connectivity index (χ1v) is 10.8. The van der Waals surface area contributed by atoms with Crippen LogP contribution in [0.1, 0.15) is 20.8 Å². The summed E-state index contributed by atoms with van der Waals surface area (Å²) in [6, 6.07) is 6.70. The van der Waals surface area contributed by atoms with Crippen LogP contribution in [0.15, 0.2) is 67.9 Å². The Labute approximate surface area is 201 Å². The Hall–Kier alpha value is -4.40. The molecule has 0 saturated carbocycles. The number of pyridine rings is 3. The summed E-state index contributed by atoms with van der Waals surface area (Å²) >= 11 is 0. The van der Waals surface area contributed by atoms with Gasteiger partial charge in [0, 0.05) is 52.9 Å². The third-order valence-corrected chi connectivity index (χ3v) is 5.22. The molecule has 4 heterocycles. The van der Waals surface area contributed by atoms with Crippen molar-refractivity contribution in [1.29, 1.82) is 0 Å². The quantitative estimate of drug-likeness (QED) is 0.241. The second kappa shape index (κ2) is 9.46. The van der Waals surface area contributed by atoms with Gasteiger partial charge in [0.25, 0.3) is 0 Å². The number of esters is 1. The first kappa shape index (κ1) is 23.7. The minimum atomic E-state index is -0.653. The van der Waals surface area contributed by atoms with Crippen LogP contribution in [0.4, 0.5) is 10.1 Å². The first-order chi connectivity index (χ1) is 16.7. The van der Waals surface area contributed by atoms with E-state index in [1.807, 2.05) is 6.07 Å². The third kappa shape index (κ3) is 5.24. The van der Waals surface area contributed by atoms with Gasteiger partial charge >= 0.3 is 5.97 Å². The molecule has 9 heteroatoms. The van der Waals surface area contributed by atoms with E-state index in [1.54, 1.807) is 56.1 Å². The van der Waals surface area contributed by atoms with Crippen LogP contribution >= 0.6 is 0 Å². The van der Waals surface area contributed by atoms with Gasteiger partial charge in [0.15, 0.2) is 6.73 Å². The molecule has 1 N–H and O–H groups in total. The van der Waals surface area contributed by atoms with E-state index in [0.29, 0.717) is 22.5 Å². The van der Waals surface area contributed by atoms with E-state index < -0.39 is 11.4 Å². The lowest BCUT2D eigenvalue weighted by molar-refractivity contribution is -0.156. The molecule has 35 heavy (non-hydrogen) atoms. The summed E-state index contributed by atoms with van der Waals surface area (Å²) < 4.78 is 21.1. The number of aromatic nitrogens is 4. The fourth-order valence-electron chi connectivity index (χ4n) is 3.43. The predicted octanol–water partition coefficient (Wildman–Crippen LogP) is 4.97. The minimum absolute atomic E-state index is 0.0445. The van der Waals surface area contributed by atoms with Crippen molar-refractivity contribution in [3.63, 3.8) is 0 Å². The molecule has 8 nitrogen and oxygen atoms in total. The number of halogens is 1. The lowest BCUT2D eigenvalue weighted by Gasteiger charge is -2.17. The Morgan fingerprint density at radius 2 is 1.89 bits per heavy atom. The van der Waals surface area contributed by atoms with Crippen LogP contribution in [0.3, 0.4) is 0 Å². The van der Waals surface area contributed by atoms with Crippen LogP contribution in [0, 0.1) is 11.4 Å². The van der Waals surface area contributed by atoms with Gasteiger partial charge in [0.2, 0.25) is 11.9 Å². The van der Waals surface area contributed by atoms with Gasteiger partial charge in [-0.3, -0.25) is 19.1 Å². The summed E-state index contributed by atoms with van der Waals surface area (Å²) in [5, 5.41) is 3.41. The summed E-state index contributed by atoms with van der Waals surface area (Å²) in [6.45, 7) is 8.73. The number of ether oxygens (including phenoxy) is 1. The molecule has 0 aliphatic heterocycles. The van der Waals surface area contributed by atoms with E-state index in [-0.39, 0.29) is 18.6 Å². The number of hydrogen-bond acceptors (Lipinski definition) is 6. The van der Waals surface area contributed by atoms with Crippen LogP contribution < -0.4 is 5.32 Å². The normalized spacial score (nSPS) is 11.3. The second-order valence-corrected chi connectivity index (χ2v) is 8.94. The van der Waals surface area contributed by atoms with Gasteiger partial charge in [-0.15, -0.1) is 0 Å². The molecule has 0 aromatic carbocycles. The Bertz CT molecular complexity index is 1440. The second-order valence-electron chi connectivity index (χ2n) is 8.94. The number of nitrogens with zero attached hydrogens (tertiary/aromatic N) is 4. The Balaban J connectivity index is 1.79. The summed E-state index contributed by atoms with van der Waals surface area (Å²) in [4.78, 5) is 36.4. The van der Waals surface area contributed by atoms with E-state index in [1.165, 1.54) is 24.5 Å². The number of rotatable bonds is 6. The zero-order valence-electron chi connectivity index (χ0n) is 19.6. The molecule has 0 fully saturated rings. The molecule has 0 aliphatic carbocycles. The van der Waals surface area contributed by atoms with Crippen molar-refractivity contribution in [1.82, 2.24) is 19.5 Å². The zero-order chi connectivity index (χ0) is 25.2. The number of amides is 1. The summed E-state index contributed by atoms with van der Waals surface area (Å²) in [7, 11) is 0. The number of carbonyl (C=O) groups is 2. The zero-order valence-corrected chi connectivity index (χ0v) is 19.6. The molecule has 0 atom stereocenters. The Morgan fingerprint density at radius 1 is 1.11 bits per heavy atom. The topological polar surface area (TPSA) is 99.0 Å². The molecule has 4 aromatic rings. The smallest absolute Gasteiger partial charge is 0.312 e. The van der Waals surface area contributed by atoms with Crippen molar-refractivity contribution < 1.29 is 18.7 Å². The number of hydrogen-bond donors (Lipinski definition) is 1. The van der Waals surface area contributed by atoms with Crippen molar-refractivity contribution in [3.05, 3.63) is 73.9 Å². The lowest BCUT2D eigenvalue weighted by Crippen LogP contribution is -2.23. The number of fused-ring (bicyclic) bond motifs is 1. The molecular formula is C26H24FN5O3. The fraction of sp³-hybridized carbons (Fsp3) is 0.192. The van der Waals surface area contributed by atoms with Gasteiger partial charge in [-0.25, -0.2) is 9.97 Å². The summed E-state index contributed by atoms with van der Waals surface area (Å²) in [6.07, 6.45) is 9.18. The Morgan fingerprint density at radius 3 is 2.60 bits per heavy atom.